The lowest BCUT2D eigenvalue weighted by Crippen LogP contribution is -2.17. The maximum Gasteiger partial charge on any atom is 0.341 e. The van der Waals surface area contributed by atoms with E-state index in [1.54, 1.807) is 6.92 Å². The Morgan fingerprint density at radius 3 is 2.80 bits per heavy atom. The molecule has 1 N–H and O–H groups in total. The van der Waals surface area contributed by atoms with Gasteiger partial charge in [-0.3, -0.25) is 4.79 Å². The molecule has 0 aliphatic heterocycles. The van der Waals surface area contributed by atoms with Gasteiger partial charge in [0.25, 0.3) is 0 Å². The van der Waals surface area contributed by atoms with Crippen LogP contribution in [0.3, 0.4) is 0 Å². The van der Waals surface area contributed by atoms with Gasteiger partial charge in [0, 0.05) is 11.4 Å². The molecule has 0 saturated heterocycles. The Kier molecular flexibility index (Phi) is 8.46. The first-order chi connectivity index (χ1) is 17.0. The van der Waals surface area contributed by atoms with Gasteiger partial charge in [0.1, 0.15) is 17.4 Å². The molecule has 0 saturated carbocycles. The summed E-state index contributed by atoms with van der Waals surface area (Å²) in [6.45, 7) is 7.06. The van der Waals surface area contributed by atoms with Gasteiger partial charge in [0.05, 0.1) is 17.9 Å². The van der Waals surface area contributed by atoms with Gasteiger partial charge in [-0.05, 0) is 69.7 Å². The van der Waals surface area contributed by atoms with Gasteiger partial charge in [0.2, 0.25) is 5.91 Å². The summed E-state index contributed by atoms with van der Waals surface area (Å²) in [5.41, 5.74) is 2.68. The SMILES string of the molecule is CCOC(=O)c1c(NC(=O)CSc2nnc(COc3cccc(C)c3)n2CC)sc2c1CCCC2. The number of nitrogens with one attached hydrogen (secondary N) is 1. The Balaban J connectivity index is 1.40. The average Bonchev–Trinajstić information content (AvgIpc) is 3.41. The summed E-state index contributed by atoms with van der Waals surface area (Å²) in [6, 6.07) is 7.85. The van der Waals surface area contributed by atoms with Crippen LogP contribution in [0.4, 0.5) is 5.00 Å². The summed E-state index contributed by atoms with van der Waals surface area (Å²) in [5.74, 6) is 1.08. The van der Waals surface area contributed by atoms with Crippen LogP contribution < -0.4 is 10.1 Å². The highest BCUT2D eigenvalue weighted by atomic mass is 32.2. The van der Waals surface area contributed by atoms with E-state index >= 15 is 0 Å². The fraction of sp³-hybridized carbons (Fsp3) is 0.440. The second-order valence-electron chi connectivity index (χ2n) is 8.22. The minimum Gasteiger partial charge on any atom is -0.486 e. The molecule has 0 radical (unpaired) electrons. The molecule has 2 heterocycles. The van der Waals surface area contributed by atoms with Gasteiger partial charge in [-0.2, -0.15) is 0 Å². The van der Waals surface area contributed by atoms with Crippen molar-refractivity contribution in [1.29, 1.82) is 0 Å². The molecule has 1 aliphatic carbocycles. The molecule has 4 rings (SSSR count). The quantitative estimate of drug-likeness (QED) is 0.299. The van der Waals surface area contributed by atoms with Crippen LogP contribution in [0.1, 0.15) is 58.9 Å². The number of esters is 1. The van der Waals surface area contributed by atoms with Gasteiger partial charge in [-0.25, -0.2) is 4.79 Å². The standard InChI is InChI=1S/C25H30N4O4S2/c1-4-29-20(14-33-17-10-8-9-16(3)13-17)27-28-25(29)34-15-21(30)26-23-22(24(31)32-5-2)18-11-6-7-12-19(18)35-23/h8-10,13H,4-7,11-12,14-15H2,1-3H3,(H,26,30). The van der Waals surface area contributed by atoms with Crippen LogP contribution >= 0.6 is 23.1 Å². The second-order valence-corrected chi connectivity index (χ2v) is 10.3. The fourth-order valence-electron chi connectivity index (χ4n) is 4.07. The number of carbonyl (C=O) groups is 2. The number of nitrogens with zero attached hydrogens (tertiary/aromatic N) is 3. The number of carbonyl (C=O) groups excluding carboxylic acids is 2. The summed E-state index contributed by atoms with van der Waals surface area (Å²) >= 11 is 2.81. The first-order valence-electron chi connectivity index (χ1n) is 11.9. The summed E-state index contributed by atoms with van der Waals surface area (Å²) in [5, 5.41) is 12.7. The average molecular weight is 515 g/mol. The lowest BCUT2D eigenvalue weighted by atomic mass is 9.95. The zero-order valence-electron chi connectivity index (χ0n) is 20.3. The first-order valence-corrected chi connectivity index (χ1v) is 13.7. The molecule has 0 fully saturated rings. The number of amides is 1. The normalized spacial score (nSPS) is 12.8. The Morgan fingerprint density at radius 1 is 1.20 bits per heavy atom. The van der Waals surface area contributed by atoms with E-state index in [-0.39, 0.29) is 17.6 Å². The largest absolute Gasteiger partial charge is 0.486 e. The van der Waals surface area contributed by atoms with Crippen molar-refractivity contribution in [2.24, 2.45) is 0 Å². The molecule has 0 unspecified atom stereocenters. The molecule has 35 heavy (non-hydrogen) atoms. The second kappa shape index (κ2) is 11.7. The number of hydrogen-bond donors (Lipinski definition) is 1. The zero-order valence-corrected chi connectivity index (χ0v) is 21.9. The number of anilines is 1. The molecule has 0 bridgehead atoms. The van der Waals surface area contributed by atoms with E-state index in [1.165, 1.54) is 28.0 Å². The number of aromatic nitrogens is 3. The van der Waals surface area contributed by atoms with Crippen molar-refractivity contribution in [2.45, 2.75) is 64.8 Å². The third-order valence-electron chi connectivity index (χ3n) is 5.70. The van der Waals surface area contributed by atoms with Crippen molar-refractivity contribution < 1.29 is 19.1 Å². The Labute approximate surface area is 213 Å². The lowest BCUT2D eigenvalue weighted by Gasteiger charge is -2.12. The van der Waals surface area contributed by atoms with Crippen molar-refractivity contribution in [3.05, 3.63) is 51.7 Å². The molecule has 0 spiro atoms. The summed E-state index contributed by atoms with van der Waals surface area (Å²) < 4.78 is 13.1. The van der Waals surface area contributed by atoms with Crippen LogP contribution in [-0.4, -0.2) is 39.0 Å². The molecule has 10 heteroatoms. The van der Waals surface area contributed by atoms with Gasteiger partial charge in [-0.1, -0.05) is 23.9 Å². The number of rotatable bonds is 10. The van der Waals surface area contributed by atoms with E-state index in [9.17, 15) is 9.59 Å². The van der Waals surface area contributed by atoms with E-state index in [0.717, 1.165) is 42.6 Å². The number of ether oxygens (including phenoxy) is 2. The van der Waals surface area contributed by atoms with Gasteiger partial charge in [0.15, 0.2) is 11.0 Å². The van der Waals surface area contributed by atoms with Crippen LogP contribution in [0.25, 0.3) is 0 Å². The van der Waals surface area contributed by atoms with Gasteiger partial charge in [-0.15, -0.1) is 21.5 Å². The third-order valence-corrected chi connectivity index (χ3v) is 7.88. The van der Waals surface area contributed by atoms with Crippen molar-refractivity contribution in [3.63, 3.8) is 0 Å². The number of fused-ring (bicyclic) bond motifs is 1. The lowest BCUT2D eigenvalue weighted by molar-refractivity contribution is -0.113. The van der Waals surface area contributed by atoms with E-state index in [1.807, 2.05) is 42.7 Å². The Bertz CT molecular complexity index is 1200. The monoisotopic (exact) mass is 514 g/mol. The maximum absolute atomic E-state index is 12.8. The summed E-state index contributed by atoms with van der Waals surface area (Å²) in [4.78, 5) is 26.6. The predicted octanol–water partition coefficient (Wildman–Crippen LogP) is 5.03. The van der Waals surface area contributed by atoms with Gasteiger partial charge < -0.3 is 19.4 Å². The predicted molar refractivity (Wildman–Crippen MR) is 137 cm³/mol. The number of thiophene rings is 1. The van der Waals surface area contributed by atoms with E-state index < -0.39 is 0 Å². The number of hydrogen-bond acceptors (Lipinski definition) is 8. The van der Waals surface area contributed by atoms with Crippen molar-refractivity contribution in [1.82, 2.24) is 14.8 Å². The number of aryl methyl sites for hydroxylation is 2. The number of benzene rings is 1. The van der Waals surface area contributed by atoms with E-state index in [4.69, 9.17) is 9.47 Å². The highest BCUT2D eigenvalue weighted by Crippen LogP contribution is 2.38. The minimum absolute atomic E-state index is 0.154. The molecule has 0 atom stereocenters. The third kappa shape index (κ3) is 6.05. The Morgan fingerprint density at radius 2 is 2.03 bits per heavy atom. The van der Waals surface area contributed by atoms with Crippen LogP contribution in [0.2, 0.25) is 0 Å². The zero-order chi connectivity index (χ0) is 24.8. The molecule has 1 aliphatic rings. The Hall–Kier alpha value is -2.85. The maximum atomic E-state index is 12.8. The summed E-state index contributed by atoms with van der Waals surface area (Å²) in [7, 11) is 0. The van der Waals surface area contributed by atoms with E-state index in [2.05, 4.69) is 15.5 Å². The molecule has 3 aromatic rings. The van der Waals surface area contributed by atoms with Crippen molar-refractivity contribution in [3.8, 4) is 5.75 Å². The molecule has 1 aromatic carbocycles. The van der Waals surface area contributed by atoms with Gasteiger partial charge >= 0.3 is 5.97 Å². The molecule has 2 aromatic heterocycles. The van der Waals surface area contributed by atoms with E-state index in [0.29, 0.717) is 41.3 Å². The fourth-order valence-corrected chi connectivity index (χ4v) is 6.18. The highest BCUT2D eigenvalue weighted by molar-refractivity contribution is 7.99. The summed E-state index contributed by atoms with van der Waals surface area (Å²) in [6.07, 6.45) is 3.92. The molecule has 8 nitrogen and oxygen atoms in total. The molecular weight excluding hydrogens is 484 g/mol. The van der Waals surface area contributed by atoms with Crippen molar-refractivity contribution in [2.75, 3.05) is 17.7 Å². The van der Waals surface area contributed by atoms with Crippen LogP contribution in [0, 0.1) is 6.92 Å². The van der Waals surface area contributed by atoms with Crippen LogP contribution in [0.15, 0.2) is 29.4 Å². The smallest absolute Gasteiger partial charge is 0.341 e. The number of thioether (sulfide) groups is 1. The molecule has 186 valence electrons. The first kappa shape index (κ1) is 25.2. The molecular formula is C25H30N4O4S2. The van der Waals surface area contributed by atoms with Crippen LogP contribution in [-0.2, 0) is 35.5 Å². The minimum atomic E-state index is -0.362. The highest BCUT2D eigenvalue weighted by Gasteiger charge is 2.27. The van der Waals surface area contributed by atoms with Crippen molar-refractivity contribution >= 4 is 40.0 Å². The topological polar surface area (TPSA) is 95.3 Å². The van der Waals surface area contributed by atoms with Crippen LogP contribution in [0.5, 0.6) is 5.75 Å². The molecule has 1 amide bonds.